The number of fused-ring (bicyclic) bond motifs is 2. The number of thiazole rings is 1. The van der Waals surface area contributed by atoms with Crippen molar-refractivity contribution in [1.82, 2.24) is 9.97 Å². The lowest BCUT2D eigenvalue weighted by atomic mass is 10.1. The van der Waals surface area contributed by atoms with E-state index in [1.165, 1.54) is 9.71 Å². The fourth-order valence-corrected chi connectivity index (χ4v) is 5.46. The van der Waals surface area contributed by atoms with Crippen molar-refractivity contribution in [2.24, 2.45) is 11.8 Å². The van der Waals surface area contributed by atoms with E-state index >= 15 is 0 Å². The van der Waals surface area contributed by atoms with Gasteiger partial charge in [-0.1, -0.05) is 12.1 Å². The van der Waals surface area contributed by atoms with Crippen LogP contribution in [0.2, 0.25) is 0 Å². The molecule has 1 saturated heterocycles. The fourth-order valence-electron chi connectivity index (χ4n) is 4.24. The average molecular weight is 366 g/mol. The van der Waals surface area contributed by atoms with E-state index in [4.69, 9.17) is 4.98 Å². The zero-order valence-electron chi connectivity index (χ0n) is 14.3. The summed E-state index contributed by atoms with van der Waals surface area (Å²) in [7, 11) is 0. The van der Waals surface area contributed by atoms with Gasteiger partial charge in [-0.25, -0.2) is 9.97 Å². The maximum absolute atomic E-state index is 11.4. The van der Waals surface area contributed by atoms with Crippen molar-refractivity contribution in [3.05, 3.63) is 57.2 Å². The van der Waals surface area contributed by atoms with Crippen molar-refractivity contribution in [3.8, 4) is 0 Å². The van der Waals surface area contributed by atoms with Gasteiger partial charge in [-0.15, -0.1) is 11.3 Å². The third-order valence-electron chi connectivity index (χ3n) is 5.58. The van der Waals surface area contributed by atoms with Gasteiger partial charge < -0.3 is 4.90 Å². The third-order valence-corrected chi connectivity index (χ3v) is 6.72. The predicted octanol–water partition coefficient (Wildman–Crippen LogP) is 4.15. The first kappa shape index (κ1) is 15.7. The van der Waals surface area contributed by atoms with Crippen molar-refractivity contribution in [2.45, 2.75) is 19.3 Å². The lowest BCUT2D eigenvalue weighted by molar-refractivity contribution is -0.384. The van der Waals surface area contributed by atoms with Gasteiger partial charge in [0.25, 0.3) is 0 Å². The van der Waals surface area contributed by atoms with Crippen molar-refractivity contribution in [2.75, 3.05) is 18.0 Å². The molecule has 3 heterocycles. The zero-order chi connectivity index (χ0) is 17.8. The second-order valence-electron chi connectivity index (χ2n) is 7.16. The number of piperidine rings is 1. The number of nitrogens with zero attached hydrogens (tertiary/aromatic N) is 4. The normalized spacial score (nSPS) is 24.5. The molecule has 0 amide bonds. The highest BCUT2D eigenvalue weighted by Crippen LogP contribution is 2.59. The van der Waals surface area contributed by atoms with Gasteiger partial charge >= 0.3 is 5.69 Å². The number of aryl methyl sites for hydroxylation is 1. The molecule has 1 aliphatic carbocycles. The molecule has 6 nitrogen and oxygen atoms in total. The summed E-state index contributed by atoms with van der Waals surface area (Å²) >= 11 is 1.79. The molecule has 3 atom stereocenters. The van der Waals surface area contributed by atoms with Crippen molar-refractivity contribution >= 4 is 33.1 Å². The first-order valence-corrected chi connectivity index (χ1v) is 9.66. The topological polar surface area (TPSA) is 72.2 Å². The number of para-hydroxylation sites is 1. The minimum absolute atomic E-state index is 0.103. The van der Waals surface area contributed by atoms with E-state index in [1.54, 1.807) is 23.5 Å². The monoisotopic (exact) mass is 366 g/mol. The van der Waals surface area contributed by atoms with Crippen LogP contribution in [0, 0.1) is 28.9 Å². The molecule has 2 fully saturated rings. The van der Waals surface area contributed by atoms with E-state index < -0.39 is 0 Å². The van der Waals surface area contributed by atoms with E-state index in [1.807, 2.05) is 13.0 Å². The number of benzene rings is 1. The second-order valence-corrected chi connectivity index (χ2v) is 8.22. The Labute approximate surface area is 154 Å². The Hall–Kier alpha value is -2.54. The summed E-state index contributed by atoms with van der Waals surface area (Å²) in [6.07, 6.45) is 1.04. The molecule has 0 bridgehead atoms. The summed E-state index contributed by atoms with van der Waals surface area (Å²) < 4.78 is 1.24. The Morgan fingerprint density at radius 2 is 2.04 bits per heavy atom. The van der Waals surface area contributed by atoms with Gasteiger partial charge in [0.05, 0.1) is 20.1 Å². The molecule has 3 aromatic rings. The molecule has 132 valence electrons. The van der Waals surface area contributed by atoms with E-state index in [0.717, 1.165) is 30.7 Å². The van der Waals surface area contributed by atoms with Crippen LogP contribution in [-0.2, 0) is 0 Å². The molecule has 7 heteroatoms. The van der Waals surface area contributed by atoms with E-state index in [-0.39, 0.29) is 10.6 Å². The lowest BCUT2D eigenvalue weighted by Crippen LogP contribution is -2.32. The molecule has 5 rings (SSSR count). The maximum Gasteiger partial charge on any atom is 0.311 e. The van der Waals surface area contributed by atoms with E-state index in [0.29, 0.717) is 23.6 Å². The van der Waals surface area contributed by atoms with Gasteiger partial charge in [0.15, 0.2) is 0 Å². The van der Waals surface area contributed by atoms with E-state index in [9.17, 15) is 10.1 Å². The highest BCUT2D eigenvalue weighted by atomic mass is 32.1. The minimum atomic E-state index is -0.328. The Balaban J connectivity index is 1.41. The van der Waals surface area contributed by atoms with Gasteiger partial charge in [0, 0.05) is 30.8 Å². The number of pyridine rings is 1. The predicted molar refractivity (Wildman–Crippen MR) is 102 cm³/mol. The molecule has 1 aromatic carbocycles. The number of hydrogen-bond acceptors (Lipinski definition) is 6. The van der Waals surface area contributed by atoms with Crippen molar-refractivity contribution in [3.63, 3.8) is 0 Å². The Bertz CT molecular complexity index is 985. The minimum Gasteiger partial charge on any atom is -0.351 e. The standard InChI is InChI=1S/C19H18N4O2S/c1-11-6-7-15(23(24)25)18(20-11)22-9-8-12-13(10-22)17(12)19-21-14-4-2-3-5-16(14)26-19/h2-7,12-13,17H,8-10H2,1H3. The number of hydrogen-bond donors (Lipinski definition) is 0. The van der Waals surface area contributed by atoms with Gasteiger partial charge in [-0.2, -0.15) is 0 Å². The number of rotatable bonds is 3. The zero-order valence-corrected chi connectivity index (χ0v) is 15.1. The highest BCUT2D eigenvalue weighted by molar-refractivity contribution is 7.18. The largest absolute Gasteiger partial charge is 0.351 e. The molecule has 2 aromatic heterocycles. The molecule has 2 aliphatic rings. The molecular formula is C19H18N4O2S. The number of anilines is 1. The van der Waals surface area contributed by atoms with Crippen LogP contribution in [0.3, 0.4) is 0 Å². The number of nitro groups is 1. The summed E-state index contributed by atoms with van der Waals surface area (Å²) in [5.74, 6) is 2.17. The fraction of sp³-hybridized carbons (Fsp3) is 0.368. The van der Waals surface area contributed by atoms with Crippen LogP contribution in [-0.4, -0.2) is 28.0 Å². The van der Waals surface area contributed by atoms with Crippen LogP contribution in [0.25, 0.3) is 10.2 Å². The van der Waals surface area contributed by atoms with Gasteiger partial charge in [0.1, 0.15) is 0 Å². The summed E-state index contributed by atoms with van der Waals surface area (Å²) in [4.78, 5) is 22.5. The van der Waals surface area contributed by atoms with Crippen LogP contribution in [0.4, 0.5) is 11.5 Å². The van der Waals surface area contributed by atoms with Crippen LogP contribution in [0.15, 0.2) is 36.4 Å². The first-order chi connectivity index (χ1) is 12.6. The lowest BCUT2D eigenvalue weighted by Gasteiger charge is -2.27. The van der Waals surface area contributed by atoms with Crippen LogP contribution in [0.5, 0.6) is 0 Å². The Morgan fingerprint density at radius 1 is 1.19 bits per heavy atom. The third kappa shape index (κ3) is 2.46. The van der Waals surface area contributed by atoms with Gasteiger partial charge in [0.2, 0.25) is 5.82 Å². The molecular weight excluding hydrogens is 348 g/mol. The van der Waals surface area contributed by atoms with Crippen LogP contribution in [0.1, 0.15) is 23.0 Å². The second kappa shape index (κ2) is 5.74. The quantitative estimate of drug-likeness (QED) is 0.514. The van der Waals surface area contributed by atoms with Crippen molar-refractivity contribution < 1.29 is 4.92 Å². The molecule has 26 heavy (non-hydrogen) atoms. The summed E-state index contributed by atoms with van der Waals surface area (Å²) in [5, 5.41) is 12.6. The summed E-state index contributed by atoms with van der Waals surface area (Å²) in [6.45, 7) is 3.52. The van der Waals surface area contributed by atoms with E-state index in [2.05, 4.69) is 28.1 Å². The summed E-state index contributed by atoms with van der Waals surface area (Å²) in [6, 6.07) is 11.5. The Kier molecular flexibility index (Phi) is 3.46. The van der Waals surface area contributed by atoms with Crippen LogP contribution < -0.4 is 4.90 Å². The SMILES string of the molecule is Cc1ccc([N+](=O)[O-])c(N2CCC3C(C2)C3c2nc3ccccc3s2)n1. The maximum atomic E-state index is 11.4. The van der Waals surface area contributed by atoms with Gasteiger partial charge in [-0.05, 0) is 43.4 Å². The van der Waals surface area contributed by atoms with Crippen molar-refractivity contribution in [1.29, 1.82) is 0 Å². The number of aromatic nitrogens is 2. The molecule has 0 radical (unpaired) electrons. The molecule has 1 saturated carbocycles. The molecule has 0 spiro atoms. The summed E-state index contributed by atoms with van der Waals surface area (Å²) in [5.41, 5.74) is 1.99. The first-order valence-electron chi connectivity index (χ1n) is 8.84. The Morgan fingerprint density at radius 3 is 2.85 bits per heavy atom. The van der Waals surface area contributed by atoms with Gasteiger partial charge in [-0.3, -0.25) is 10.1 Å². The highest BCUT2D eigenvalue weighted by Gasteiger charge is 2.55. The molecule has 0 N–H and O–H groups in total. The van der Waals surface area contributed by atoms with Crippen LogP contribution >= 0.6 is 11.3 Å². The average Bonchev–Trinajstić information content (AvgIpc) is 3.20. The smallest absolute Gasteiger partial charge is 0.311 e. The molecule has 1 aliphatic heterocycles. The molecule has 3 unspecified atom stereocenters.